The Morgan fingerprint density at radius 2 is 1.76 bits per heavy atom. The Kier molecular flexibility index (Phi) is 6.65. The van der Waals surface area contributed by atoms with Gasteiger partial charge in [-0.2, -0.15) is 4.98 Å². The maximum absolute atomic E-state index is 13.1. The first-order valence-corrected chi connectivity index (χ1v) is 13.2. The first-order valence-electron chi connectivity index (χ1n) is 10.2. The van der Waals surface area contributed by atoms with Gasteiger partial charge >= 0.3 is 0 Å². The van der Waals surface area contributed by atoms with Crippen LogP contribution in [0.4, 0.5) is 5.69 Å². The summed E-state index contributed by atoms with van der Waals surface area (Å²) in [5, 5.41) is 4.15. The van der Waals surface area contributed by atoms with E-state index in [1.54, 1.807) is 41.1 Å². The van der Waals surface area contributed by atoms with Crippen molar-refractivity contribution in [3.05, 3.63) is 78.9 Å². The molecule has 0 atom stereocenters. The number of fused-ring (bicyclic) bond motifs is 1. The van der Waals surface area contributed by atoms with Crippen LogP contribution in [0.5, 0.6) is 0 Å². The molecule has 12 heteroatoms. The average molecular weight is 541 g/mol. The first kappa shape index (κ1) is 24.5. The molecule has 0 radical (unpaired) electrons. The lowest BCUT2D eigenvalue weighted by Crippen LogP contribution is -2.18. The number of hydrogen-bond acceptors (Lipinski definition) is 5. The second-order valence-corrected chi connectivity index (χ2v) is 11.1. The van der Waals surface area contributed by atoms with E-state index in [2.05, 4.69) is 19.8 Å². The fourth-order valence-corrected chi connectivity index (χ4v) is 5.19. The molecule has 2 aliphatic heterocycles. The van der Waals surface area contributed by atoms with E-state index in [4.69, 9.17) is 34.8 Å². The number of aromatic nitrogens is 4. The van der Waals surface area contributed by atoms with Crippen molar-refractivity contribution < 1.29 is 8.42 Å². The number of anilines is 1. The Balaban J connectivity index is 1.86. The highest BCUT2D eigenvalue weighted by molar-refractivity contribution is 7.92. The highest BCUT2D eigenvalue weighted by atomic mass is 35.5. The van der Waals surface area contributed by atoms with Gasteiger partial charge < -0.3 is 0 Å². The molecule has 34 heavy (non-hydrogen) atoms. The highest BCUT2D eigenvalue weighted by Crippen LogP contribution is 2.36. The van der Waals surface area contributed by atoms with Crippen molar-refractivity contribution in [1.82, 2.24) is 19.7 Å². The van der Waals surface area contributed by atoms with Gasteiger partial charge in [0.2, 0.25) is 10.0 Å². The first-order chi connectivity index (χ1) is 15.9. The Morgan fingerprint density at radius 3 is 2.38 bits per heavy atom. The molecule has 0 saturated heterocycles. The summed E-state index contributed by atoms with van der Waals surface area (Å²) in [4.78, 5) is 21.9. The lowest BCUT2D eigenvalue weighted by molar-refractivity contribution is 0.607. The van der Waals surface area contributed by atoms with Gasteiger partial charge in [0.05, 0.1) is 22.0 Å². The molecule has 2 aromatic rings. The van der Waals surface area contributed by atoms with Crippen LogP contribution in [0, 0.1) is 0 Å². The molecule has 0 aromatic heterocycles. The van der Waals surface area contributed by atoms with E-state index in [-0.39, 0.29) is 28.2 Å². The lowest BCUT2D eigenvalue weighted by Gasteiger charge is -2.12. The maximum atomic E-state index is 13.1. The molecule has 0 aliphatic carbocycles. The summed E-state index contributed by atoms with van der Waals surface area (Å²) in [5.41, 5.74) is 2.09. The van der Waals surface area contributed by atoms with Crippen molar-refractivity contribution in [2.75, 3.05) is 11.0 Å². The minimum atomic E-state index is -3.43. The molecule has 2 heterocycles. The van der Waals surface area contributed by atoms with Crippen LogP contribution in [0.1, 0.15) is 36.8 Å². The molecule has 8 nitrogen and oxygen atoms in total. The molecule has 0 unspecified atom stereocenters. The summed E-state index contributed by atoms with van der Waals surface area (Å²) in [6, 6.07) is 9.91. The fraction of sp³-hybridized carbons (Fsp3) is 0.227. The third-order valence-corrected chi connectivity index (χ3v) is 6.39. The number of benzene rings is 2. The Labute approximate surface area is 211 Å². The van der Waals surface area contributed by atoms with Gasteiger partial charge in [-0.15, -0.1) is 0 Å². The second kappa shape index (κ2) is 9.22. The highest BCUT2D eigenvalue weighted by Gasteiger charge is 2.27. The van der Waals surface area contributed by atoms with Crippen molar-refractivity contribution in [2.24, 2.45) is 0 Å². The molecular weight excluding hydrogens is 521 g/mol. The van der Waals surface area contributed by atoms with Gasteiger partial charge in [-0.3, -0.25) is 14.6 Å². The van der Waals surface area contributed by atoms with Crippen LogP contribution in [0.3, 0.4) is 0 Å². The summed E-state index contributed by atoms with van der Waals surface area (Å²) in [6.45, 7) is 3.88. The summed E-state index contributed by atoms with van der Waals surface area (Å²) in [5.74, 6) is 0.558. The standard InChI is InChI=1S/C22H20Cl3N5O3S/c1-11(2)19-18-21(30(28-19)20-15(24)9-13(23)10-16(20)25)26-17(27-22(18)31)8-12-5-4-6-14(7-12)29-34(3,32)33/h4-7,9-11,28-29H,8H2,1-3H3. The van der Waals surface area contributed by atoms with Gasteiger partial charge in [0, 0.05) is 17.1 Å². The van der Waals surface area contributed by atoms with E-state index in [1.807, 2.05) is 13.8 Å². The van der Waals surface area contributed by atoms with Crippen LogP contribution in [0.15, 0.2) is 41.2 Å². The Bertz CT molecular complexity index is 1510. The zero-order valence-corrected chi connectivity index (χ0v) is 21.4. The predicted octanol–water partition coefficient (Wildman–Crippen LogP) is 5.11. The second-order valence-electron chi connectivity index (χ2n) is 8.13. The van der Waals surface area contributed by atoms with Crippen LogP contribution in [-0.2, 0) is 16.4 Å². The van der Waals surface area contributed by atoms with Crippen molar-refractivity contribution in [1.29, 1.82) is 0 Å². The number of rotatable bonds is 6. The third kappa shape index (κ3) is 5.07. The number of nitrogens with zero attached hydrogens (tertiary/aromatic N) is 3. The van der Waals surface area contributed by atoms with Gasteiger partial charge in [0.25, 0.3) is 5.56 Å². The quantitative estimate of drug-likeness (QED) is 0.353. The van der Waals surface area contributed by atoms with Gasteiger partial charge in [0.15, 0.2) is 5.82 Å². The molecule has 0 bridgehead atoms. The van der Waals surface area contributed by atoms with Crippen LogP contribution < -0.4 is 10.3 Å². The maximum Gasteiger partial charge on any atom is 0.284 e. The number of sulfonamides is 1. The smallest absolute Gasteiger partial charge is 0.284 e. The normalized spacial score (nSPS) is 12.0. The topological polar surface area (TPSA) is 110 Å². The van der Waals surface area contributed by atoms with E-state index in [0.29, 0.717) is 33.5 Å². The molecule has 2 aliphatic rings. The van der Waals surface area contributed by atoms with Crippen LogP contribution in [0.2, 0.25) is 15.1 Å². The Hall–Kier alpha value is -2.59. The van der Waals surface area contributed by atoms with Crippen LogP contribution in [-0.4, -0.2) is 34.4 Å². The molecule has 2 N–H and O–H groups in total. The van der Waals surface area contributed by atoms with Crippen LogP contribution in [0.25, 0.3) is 17.1 Å². The zero-order valence-electron chi connectivity index (χ0n) is 18.4. The fourth-order valence-electron chi connectivity index (χ4n) is 3.65. The molecule has 2 aromatic carbocycles. The number of nitrogens with one attached hydrogen (secondary N) is 2. The molecule has 178 valence electrons. The van der Waals surface area contributed by atoms with Gasteiger partial charge in [-0.05, 0) is 35.7 Å². The summed E-state index contributed by atoms with van der Waals surface area (Å²) < 4.78 is 27.1. The van der Waals surface area contributed by atoms with E-state index >= 15 is 0 Å². The monoisotopic (exact) mass is 539 g/mol. The molecule has 0 spiro atoms. The SMILES string of the molecule is CC(C)c1[nH]n(-c2c(Cl)cc(Cl)cc2Cl)c2nc(Cc3cccc(NS(C)(=O)=O)c3)nc(=O)c1-2. The molecule has 0 saturated carbocycles. The van der Waals surface area contributed by atoms with Gasteiger partial charge in [-0.1, -0.05) is 60.8 Å². The summed E-state index contributed by atoms with van der Waals surface area (Å²) in [6.07, 6.45) is 1.28. The minimum Gasteiger partial charge on any atom is -0.295 e. The molecule has 4 rings (SSSR count). The average Bonchev–Trinajstić information content (AvgIpc) is 3.06. The van der Waals surface area contributed by atoms with E-state index in [0.717, 1.165) is 11.8 Å². The van der Waals surface area contributed by atoms with Crippen molar-refractivity contribution >= 4 is 50.5 Å². The van der Waals surface area contributed by atoms with Crippen molar-refractivity contribution in [3.8, 4) is 17.1 Å². The van der Waals surface area contributed by atoms with Gasteiger partial charge in [0.1, 0.15) is 17.1 Å². The van der Waals surface area contributed by atoms with Gasteiger partial charge in [-0.25, -0.2) is 18.1 Å². The van der Waals surface area contributed by atoms with Crippen molar-refractivity contribution in [3.63, 3.8) is 0 Å². The minimum absolute atomic E-state index is 0.0329. The van der Waals surface area contributed by atoms with Crippen molar-refractivity contribution in [2.45, 2.75) is 26.2 Å². The van der Waals surface area contributed by atoms with E-state index in [9.17, 15) is 13.2 Å². The number of H-pyrrole nitrogens is 1. The third-order valence-electron chi connectivity index (χ3n) is 4.99. The number of aromatic amines is 1. The summed E-state index contributed by atoms with van der Waals surface area (Å²) in [7, 11) is -3.43. The molecule has 0 amide bonds. The molecule has 0 fully saturated rings. The Morgan fingerprint density at radius 1 is 1.09 bits per heavy atom. The predicted molar refractivity (Wildman–Crippen MR) is 135 cm³/mol. The molecular formula is C22H20Cl3N5O3S. The number of halogens is 3. The largest absolute Gasteiger partial charge is 0.295 e. The zero-order chi connectivity index (χ0) is 24.8. The number of hydrogen-bond donors (Lipinski definition) is 2. The summed E-state index contributed by atoms with van der Waals surface area (Å²) >= 11 is 19.0. The van der Waals surface area contributed by atoms with E-state index in [1.165, 1.54) is 0 Å². The lowest BCUT2D eigenvalue weighted by atomic mass is 10.1. The van der Waals surface area contributed by atoms with E-state index < -0.39 is 15.6 Å². The van der Waals surface area contributed by atoms with Crippen LogP contribution >= 0.6 is 34.8 Å².